The van der Waals surface area contributed by atoms with Gasteiger partial charge in [-0.1, -0.05) is 12.1 Å². The van der Waals surface area contributed by atoms with Crippen LogP contribution in [0.15, 0.2) is 90.9 Å². The number of hydrogen-bond acceptors (Lipinski definition) is 14. The molecule has 4 aromatic carbocycles. The van der Waals surface area contributed by atoms with Crippen molar-refractivity contribution >= 4 is 65.1 Å². The Morgan fingerprint density at radius 3 is 1.33 bits per heavy atom. The molecule has 0 heterocycles. The van der Waals surface area contributed by atoms with E-state index in [0.717, 1.165) is 24.3 Å². The van der Waals surface area contributed by atoms with Crippen molar-refractivity contribution in [3.8, 4) is 11.5 Å². The van der Waals surface area contributed by atoms with Crippen molar-refractivity contribution in [3.63, 3.8) is 0 Å². The van der Waals surface area contributed by atoms with Gasteiger partial charge in [0.1, 0.15) is 21.2 Å². The second-order valence-electron chi connectivity index (χ2n) is 8.15. The predicted molar refractivity (Wildman–Crippen MR) is 141 cm³/mol. The highest BCUT2D eigenvalue weighted by molar-refractivity contribution is 7.86. The second kappa shape index (κ2) is 10.9. The third kappa shape index (κ3) is 6.00. The number of rotatable bonds is 8. The second-order valence-corrected chi connectivity index (χ2v) is 10.9. The molecule has 0 fully saturated rings. The number of phenols is 2. The van der Waals surface area contributed by atoms with Crippen molar-refractivity contribution in [2.75, 3.05) is 0 Å². The summed E-state index contributed by atoms with van der Waals surface area (Å²) in [6.45, 7) is 0. The van der Waals surface area contributed by atoms with Gasteiger partial charge in [0.25, 0.3) is 31.6 Å². The lowest BCUT2D eigenvalue weighted by Crippen LogP contribution is -2.01. The molecule has 0 aliphatic heterocycles. The van der Waals surface area contributed by atoms with Gasteiger partial charge >= 0.3 is 0 Å². The van der Waals surface area contributed by atoms with Gasteiger partial charge in [-0.05, 0) is 29.7 Å². The zero-order valence-corrected chi connectivity index (χ0v) is 22.0. The molecule has 4 aromatic rings. The van der Waals surface area contributed by atoms with Crippen molar-refractivity contribution in [3.05, 3.63) is 80.9 Å². The number of nitro groups is 2. The van der Waals surface area contributed by atoms with E-state index in [1.54, 1.807) is 0 Å². The Bertz CT molecular complexity index is 1940. The summed E-state index contributed by atoms with van der Waals surface area (Å²) < 4.78 is 68.0. The number of phenolic OH excluding ortho intramolecular Hbond substituents is 2. The summed E-state index contributed by atoms with van der Waals surface area (Å²) in [7, 11) is -10.4. The SMILES string of the molecule is O=[N+]([O-])c1cccc(N=Nc2c(S(=O)(=O)O)cc3cc(S(=O)(=O)O)c(N=Nc4cccc([N+](=O)[O-])c4)c(O)c3c2O)c1. The number of nitro benzene ring substituents is 2. The monoisotopic (exact) mass is 618 g/mol. The molecule has 0 saturated carbocycles. The van der Waals surface area contributed by atoms with Gasteiger partial charge in [0, 0.05) is 24.3 Å². The molecule has 18 nitrogen and oxygen atoms in total. The van der Waals surface area contributed by atoms with E-state index in [4.69, 9.17) is 0 Å². The summed E-state index contributed by atoms with van der Waals surface area (Å²) in [5.41, 5.74) is -3.10. The zero-order valence-electron chi connectivity index (χ0n) is 20.3. The van der Waals surface area contributed by atoms with Crippen LogP contribution in [0.5, 0.6) is 11.5 Å². The molecule has 4 N–H and O–H groups in total. The van der Waals surface area contributed by atoms with Gasteiger partial charge < -0.3 is 10.2 Å². The molecule has 0 bridgehead atoms. The molecule has 0 unspecified atom stereocenters. The minimum absolute atomic E-state index is 0.178. The van der Waals surface area contributed by atoms with Gasteiger partial charge in [0.2, 0.25) is 0 Å². The van der Waals surface area contributed by atoms with E-state index in [-0.39, 0.29) is 11.4 Å². The zero-order chi connectivity index (χ0) is 31.0. The fourth-order valence-electron chi connectivity index (χ4n) is 3.60. The van der Waals surface area contributed by atoms with Crippen LogP contribution in [0.4, 0.5) is 34.1 Å². The average molecular weight is 619 g/mol. The van der Waals surface area contributed by atoms with Gasteiger partial charge in [-0.15, -0.1) is 10.2 Å². The van der Waals surface area contributed by atoms with Crippen molar-refractivity contribution in [2.45, 2.75) is 9.79 Å². The Hall–Kier alpha value is -5.44. The first-order valence-electron chi connectivity index (χ1n) is 10.9. The number of aromatic hydroxyl groups is 2. The van der Waals surface area contributed by atoms with Gasteiger partial charge in [-0.3, -0.25) is 29.3 Å². The lowest BCUT2D eigenvalue weighted by atomic mass is 10.1. The lowest BCUT2D eigenvalue weighted by molar-refractivity contribution is -0.385. The lowest BCUT2D eigenvalue weighted by Gasteiger charge is -2.13. The molecule has 20 heteroatoms. The van der Waals surface area contributed by atoms with E-state index < -0.39 is 84.9 Å². The summed E-state index contributed by atoms with van der Waals surface area (Å²) in [5.74, 6) is -2.33. The molecule has 4 rings (SSSR count). The highest BCUT2D eigenvalue weighted by atomic mass is 32.2. The Kier molecular flexibility index (Phi) is 7.63. The van der Waals surface area contributed by atoms with Crippen LogP contribution in [0.1, 0.15) is 0 Å². The molecular formula is C22H14N6O12S2. The summed E-state index contributed by atoms with van der Waals surface area (Å²) in [6, 6.07) is 10.3. The Morgan fingerprint density at radius 1 is 0.619 bits per heavy atom. The van der Waals surface area contributed by atoms with Crippen LogP contribution >= 0.6 is 0 Å². The largest absolute Gasteiger partial charge is 0.505 e. The van der Waals surface area contributed by atoms with E-state index in [0.29, 0.717) is 12.1 Å². The maximum absolute atomic E-state index is 12.1. The van der Waals surface area contributed by atoms with Crippen molar-refractivity contribution in [2.24, 2.45) is 20.5 Å². The maximum atomic E-state index is 12.1. The standard InChI is InChI=1S/C22H14N6O12S2/c29-21-18-11(7-16(41(35,36)37)19(21)25-23-12-3-1-5-14(9-12)27(31)32)8-17(42(38,39)40)20(22(18)30)26-24-13-4-2-6-15(10-13)28(33)34/h1-10,29-30H,(H,35,36,37)(H,38,39,40). The molecule has 0 aliphatic rings. The summed E-state index contributed by atoms with van der Waals surface area (Å²) in [5, 5.41) is 57.1. The van der Waals surface area contributed by atoms with E-state index in [1.165, 1.54) is 24.3 Å². The predicted octanol–water partition coefficient (Wildman–Crippen LogP) is 5.39. The van der Waals surface area contributed by atoms with Gasteiger partial charge in [-0.2, -0.15) is 27.1 Å². The highest BCUT2D eigenvalue weighted by Crippen LogP contribution is 2.50. The minimum Gasteiger partial charge on any atom is -0.505 e. The Morgan fingerprint density at radius 2 is 1.00 bits per heavy atom. The molecule has 0 aromatic heterocycles. The number of fused-ring (bicyclic) bond motifs is 1. The first kappa shape index (κ1) is 29.5. The van der Waals surface area contributed by atoms with Crippen LogP contribution < -0.4 is 0 Å². The Labute approximate surface area is 233 Å². The molecule has 216 valence electrons. The molecule has 0 atom stereocenters. The summed E-state index contributed by atoms with van der Waals surface area (Å²) in [4.78, 5) is 18.3. The number of nitrogens with zero attached hydrogens (tertiary/aromatic N) is 6. The van der Waals surface area contributed by atoms with Crippen LogP contribution in [0, 0.1) is 20.2 Å². The summed E-state index contributed by atoms with van der Waals surface area (Å²) in [6.07, 6.45) is 0. The van der Waals surface area contributed by atoms with Crippen LogP contribution in [-0.4, -0.2) is 46.0 Å². The first-order chi connectivity index (χ1) is 19.6. The molecule has 0 aliphatic carbocycles. The molecule has 0 saturated heterocycles. The normalized spacial score (nSPS) is 12.3. The average Bonchev–Trinajstić information content (AvgIpc) is 2.90. The van der Waals surface area contributed by atoms with Crippen molar-refractivity contribution in [1.82, 2.24) is 0 Å². The third-order valence-electron chi connectivity index (χ3n) is 5.42. The summed E-state index contributed by atoms with van der Waals surface area (Å²) >= 11 is 0. The van der Waals surface area contributed by atoms with Crippen LogP contribution in [-0.2, 0) is 20.2 Å². The smallest absolute Gasteiger partial charge is 0.296 e. The van der Waals surface area contributed by atoms with Crippen LogP contribution in [0.2, 0.25) is 0 Å². The minimum atomic E-state index is -5.21. The van der Waals surface area contributed by atoms with Gasteiger partial charge in [0.15, 0.2) is 11.5 Å². The maximum Gasteiger partial charge on any atom is 0.296 e. The number of non-ortho nitro benzene ring substituents is 2. The third-order valence-corrected chi connectivity index (χ3v) is 7.15. The van der Waals surface area contributed by atoms with E-state index in [2.05, 4.69) is 20.5 Å². The van der Waals surface area contributed by atoms with Gasteiger partial charge in [0.05, 0.1) is 26.6 Å². The van der Waals surface area contributed by atoms with E-state index in [1.807, 2.05) is 0 Å². The Balaban J connectivity index is 2.00. The number of hydrogen-bond donors (Lipinski definition) is 4. The first-order valence-corrected chi connectivity index (χ1v) is 13.8. The van der Waals surface area contributed by atoms with Gasteiger partial charge in [-0.25, -0.2) is 0 Å². The quantitative estimate of drug-likeness (QED) is 0.0836. The fourth-order valence-corrected chi connectivity index (χ4v) is 4.92. The number of benzene rings is 4. The molecular weight excluding hydrogens is 604 g/mol. The van der Waals surface area contributed by atoms with E-state index in [9.17, 15) is 56.4 Å². The fraction of sp³-hybridized carbons (Fsp3) is 0. The molecule has 0 spiro atoms. The van der Waals surface area contributed by atoms with Crippen molar-refractivity contribution in [1.29, 1.82) is 0 Å². The molecule has 0 radical (unpaired) electrons. The van der Waals surface area contributed by atoms with E-state index >= 15 is 0 Å². The molecule has 0 amide bonds. The van der Waals surface area contributed by atoms with Crippen molar-refractivity contribution < 1.29 is 46.0 Å². The van der Waals surface area contributed by atoms with Crippen LogP contribution in [0.3, 0.4) is 0 Å². The topological polar surface area (TPSA) is 285 Å². The highest BCUT2D eigenvalue weighted by Gasteiger charge is 2.29. The van der Waals surface area contributed by atoms with Crippen LogP contribution in [0.25, 0.3) is 10.8 Å². The molecule has 42 heavy (non-hydrogen) atoms. The number of azo groups is 2.